The van der Waals surface area contributed by atoms with Crippen molar-refractivity contribution in [1.29, 1.82) is 0 Å². The average Bonchev–Trinajstić information content (AvgIpc) is 2.60. The van der Waals surface area contributed by atoms with E-state index in [-0.39, 0.29) is 16.9 Å². The molecule has 0 aliphatic heterocycles. The highest BCUT2D eigenvalue weighted by molar-refractivity contribution is 9.10. The number of thioether (sulfide) groups is 1. The monoisotopic (exact) mass is 421 g/mol. The highest BCUT2D eigenvalue weighted by Crippen LogP contribution is 2.28. The first kappa shape index (κ1) is 19.5. The van der Waals surface area contributed by atoms with Gasteiger partial charge in [0, 0.05) is 17.0 Å². The molecule has 0 radical (unpaired) electrons. The first-order chi connectivity index (χ1) is 11.9. The summed E-state index contributed by atoms with van der Waals surface area (Å²) in [7, 11) is 1.63. The maximum atomic E-state index is 12.3. The molecule has 1 N–H and O–H groups in total. The molecule has 2 aromatic carbocycles. The zero-order chi connectivity index (χ0) is 18.4. The molecule has 0 aromatic heterocycles. The molecular weight excluding hydrogens is 402 g/mol. The zero-order valence-electron chi connectivity index (χ0n) is 14.3. The Balaban J connectivity index is 1.89. The molecule has 1 atom stereocenters. The van der Waals surface area contributed by atoms with Gasteiger partial charge in [-0.3, -0.25) is 9.59 Å². The molecule has 0 bridgehead atoms. The number of methoxy groups -OCH3 is 1. The first-order valence-electron chi connectivity index (χ1n) is 7.76. The minimum absolute atomic E-state index is 0.00690. The number of hydrogen-bond acceptors (Lipinski definition) is 4. The quantitative estimate of drug-likeness (QED) is 0.644. The van der Waals surface area contributed by atoms with E-state index >= 15 is 0 Å². The molecule has 132 valence electrons. The van der Waals surface area contributed by atoms with Gasteiger partial charge in [-0.15, -0.1) is 11.8 Å². The molecule has 0 aliphatic carbocycles. The third-order valence-electron chi connectivity index (χ3n) is 3.64. The lowest BCUT2D eigenvalue weighted by Gasteiger charge is -2.13. The average molecular weight is 422 g/mol. The molecule has 2 rings (SSSR count). The fourth-order valence-electron chi connectivity index (χ4n) is 2.13. The van der Waals surface area contributed by atoms with Crippen LogP contribution in [0.25, 0.3) is 0 Å². The third kappa shape index (κ3) is 5.61. The third-order valence-corrected chi connectivity index (χ3v) is 5.48. The summed E-state index contributed by atoms with van der Waals surface area (Å²) < 4.78 is 6.11. The number of halogens is 1. The van der Waals surface area contributed by atoms with E-state index in [1.807, 2.05) is 25.1 Å². The van der Waals surface area contributed by atoms with Gasteiger partial charge in [0.2, 0.25) is 5.91 Å². The summed E-state index contributed by atoms with van der Waals surface area (Å²) in [5, 5.41) is 2.67. The number of rotatable bonds is 7. The van der Waals surface area contributed by atoms with Crippen LogP contribution in [0, 0.1) is 0 Å². The fraction of sp³-hybridized carbons (Fsp3) is 0.263. The summed E-state index contributed by atoms with van der Waals surface area (Å²) in [6, 6.07) is 12.8. The second-order valence-corrected chi connectivity index (χ2v) is 7.73. The van der Waals surface area contributed by atoms with Gasteiger partial charge in [-0.05, 0) is 71.7 Å². The lowest BCUT2D eigenvalue weighted by molar-refractivity contribution is -0.115. The van der Waals surface area contributed by atoms with Crippen LogP contribution in [0.1, 0.15) is 29.8 Å². The standard InChI is InChI=1S/C19H20BrNO3S/c1-12(22)15-5-7-16(8-6-15)21-19(23)13(2)25-11-14-4-9-18(24-3)17(20)10-14/h4-10,13H,11H2,1-3H3,(H,21,23). The lowest BCUT2D eigenvalue weighted by Crippen LogP contribution is -2.22. The van der Waals surface area contributed by atoms with Crippen LogP contribution in [0.4, 0.5) is 5.69 Å². The Hall–Kier alpha value is -1.79. The molecule has 25 heavy (non-hydrogen) atoms. The lowest BCUT2D eigenvalue weighted by atomic mass is 10.1. The van der Waals surface area contributed by atoms with Crippen LogP contribution >= 0.6 is 27.7 Å². The highest BCUT2D eigenvalue weighted by atomic mass is 79.9. The predicted octanol–water partition coefficient (Wildman–Crippen LogP) is 4.92. The summed E-state index contributed by atoms with van der Waals surface area (Å²) in [5.74, 6) is 1.45. The van der Waals surface area contributed by atoms with Gasteiger partial charge in [0.05, 0.1) is 16.8 Å². The van der Waals surface area contributed by atoms with Crippen molar-refractivity contribution in [3.8, 4) is 5.75 Å². The summed E-state index contributed by atoms with van der Waals surface area (Å²) in [6.45, 7) is 3.40. The Morgan fingerprint density at radius 1 is 1.20 bits per heavy atom. The van der Waals surface area contributed by atoms with E-state index in [4.69, 9.17) is 4.74 Å². The van der Waals surface area contributed by atoms with Crippen LogP contribution < -0.4 is 10.1 Å². The maximum Gasteiger partial charge on any atom is 0.237 e. The number of hydrogen-bond donors (Lipinski definition) is 1. The van der Waals surface area contributed by atoms with Crippen molar-refractivity contribution in [2.24, 2.45) is 0 Å². The Labute approximate surface area is 160 Å². The van der Waals surface area contributed by atoms with Crippen molar-refractivity contribution < 1.29 is 14.3 Å². The molecule has 0 aliphatic rings. The SMILES string of the molecule is COc1ccc(CSC(C)C(=O)Nc2ccc(C(C)=O)cc2)cc1Br. The molecule has 2 aromatic rings. The van der Waals surface area contributed by atoms with Crippen LogP contribution in [0.2, 0.25) is 0 Å². The highest BCUT2D eigenvalue weighted by Gasteiger charge is 2.14. The summed E-state index contributed by atoms with van der Waals surface area (Å²) in [6.07, 6.45) is 0. The molecule has 0 spiro atoms. The number of ketones is 1. The number of amides is 1. The van der Waals surface area contributed by atoms with Gasteiger partial charge in [-0.2, -0.15) is 0 Å². The van der Waals surface area contributed by atoms with Crippen molar-refractivity contribution in [3.05, 3.63) is 58.1 Å². The largest absolute Gasteiger partial charge is 0.496 e. The summed E-state index contributed by atoms with van der Waals surface area (Å²) in [5.41, 5.74) is 2.43. The van der Waals surface area contributed by atoms with Crippen LogP contribution in [0.15, 0.2) is 46.9 Å². The minimum atomic E-state index is -0.201. The van der Waals surface area contributed by atoms with E-state index in [0.717, 1.165) is 21.5 Å². The van der Waals surface area contributed by atoms with Gasteiger partial charge >= 0.3 is 0 Å². The number of anilines is 1. The molecule has 4 nitrogen and oxygen atoms in total. The van der Waals surface area contributed by atoms with E-state index in [1.54, 1.807) is 43.1 Å². The molecule has 0 saturated carbocycles. The minimum Gasteiger partial charge on any atom is -0.496 e. The second kappa shape index (κ2) is 9.06. The van der Waals surface area contributed by atoms with Gasteiger partial charge < -0.3 is 10.1 Å². The molecule has 0 heterocycles. The predicted molar refractivity (Wildman–Crippen MR) is 107 cm³/mol. The summed E-state index contributed by atoms with van der Waals surface area (Å²) >= 11 is 5.03. The number of nitrogens with one attached hydrogen (secondary N) is 1. The number of carbonyl (C=O) groups is 2. The fourth-order valence-corrected chi connectivity index (χ4v) is 3.55. The second-order valence-electron chi connectivity index (χ2n) is 5.54. The van der Waals surface area contributed by atoms with Crippen molar-refractivity contribution in [2.75, 3.05) is 12.4 Å². The van der Waals surface area contributed by atoms with E-state index in [1.165, 1.54) is 6.92 Å². The molecule has 6 heteroatoms. The number of benzene rings is 2. The van der Waals surface area contributed by atoms with Gasteiger partial charge in [0.25, 0.3) is 0 Å². The Bertz CT molecular complexity index is 762. The van der Waals surface area contributed by atoms with Gasteiger partial charge in [0.1, 0.15) is 5.75 Å². The van der Waals surface area contributed by atoms with Crippen LogP contribution in [-0.2, 0) is 10.5 Å². The van der Waals surface area contributed by atoms with Crippen LogP contribution in [0.3, 0.4) is 0 Å². The Morgan fingerprint density at radius 2 is 1.88 bits per heavy atom. The Morgan fingerprint density at radius 3 is 2.44 bits per heavy atom. The zero-order valence-corrected chi connectivity index (χ0v) is 16.7. The van der Waals surface area contributed by atoms with Crippen molar-refractivity contribution in [2.45, 2.75) is 24.9 Å². The molecule has 0 fully saturated rings. The van der Waals surface area contributed by atoms with Gasteiger partial charge in [0.15, 0.2) is 5.78 Å². The van der Waals surface area contributed by atoms with E-state index in [2.05, 4.69) is 21.2 Å². The van der Waals surface area contributed by atoms with E-state index in [9.17, 15) is 9.59 Å². The number of Topliss-reactive ketones (excluding diaryl/α,β-unsaturated/α-hetero) is 1. The maximum absolute atomic E-state index is 12.3. The van der Waals surface area contributed by atoms with Gasteiger partial charge in [-0.25, -0.2) is 0 Å². The molecular formula is C19H20BrNO3S. The van der Waals surface area contributed by atoms with E-state index in [0.29, 0.717) is 11.3 Å². The van der Waals surface area contributed by atoms with Gasteiger partial charge in [-0.1, -0.05) is 6.07 Å². The Kier molecular flexibility index (Phi) is 7.08. The molecule has 1 amide bonds. The smallest absolute Gasteiger partial charge is 0.237 e. The van der Waals surface area contributed by atoms with Crippen molar-refractivity contribution in [3.63, 3.8) is 0 Å². The van der Waals surface area contributed by atoms with E-state index < -0.39 is 0 Å². The van der Waals surface area contributed by atoms with Crippen LogP contribution in [-0.4, -0.2) is 24.1 Å². The summed E-state index contributed by atoms with van der Waals surface area (Å²) in [4.78, 5) is 23.6. The normalized spacial score (nSPS) is 11.7. The van der Waals surface area contributed by atoms with Crippen molar-refractivity contribution >= 4 is 45.1 Å². The number of ether oxygens (including phenoxy) is 1. The van der Waals surface area contributed by atoms with Crippen LogP contribution in [0.5, 0.6) is 5.75 Å². The topological polar surface area (TPSA) is 55.4 Å². The molecule has 0 saturated heterocycles. The molecule has 1 unspecified atom stereocenters. The first-order valence-corrected chi connectivity index (χ1v) is 9.60. The number of carbonyl (C=O) groups excluding carboxylic acids is 2. The van der Waals surface area contributed by atoms with Crippen molar-refractivity contribution in [1.82, 2.24) is 0 Å².